The van der Waals surface area contributed by atoms with Gasteiger partial charge in [0, 0.05) is 23.3 Å². The van der Waals surface area contributed by atoms with Crippen LogP contribution in [-0.2, 0) is 0 Å². The van der Waals surface area contributed by atoms with Crippen LogP contribution in [0.4, 0.5) is 5.82 Å². The van der Waals surface area contributed by atoms with Gasteiger partial charge in [-0.25, -0.2) is 4.98 Å². The first kappa shape index (κ1) is 12.8. The first-order chi connectivity index (χ1) is 8.22. The molecule has 2 rings (SSSR count). The van der Waals surface area contributed by atoms with Gasteiger partial charge in [-0.05, 0) is 47.3 Å². The summed E-state index contributed by atoms with van der Waals surface area (Å²) in [5.74, 6) is 1.02. The highest BCUT2D eigenvalue weighted by atomic mass is 79.9. The number of aryl methyl sites for hydroxylation is 1. The van der Waals surface area contributed by atoms with Crippen molar-refractivity contribution < 1.29 is 5.11 Å². The van der Waals surface area contributed by atoms with Gasteiger partial charge in [0.1, 0.15) is 5.82 Å². The first-order valence-electron chi connectivity index (χ1n) is 6.22. The molecule has 1 heterocycles. The average molecular weight is 299 g/mol. The molecule has 0 amide bonds. The molecule has 17 heavy (non-hydrogen) atoms. The number of aromatic nitrogens is 1. The predicted molar refractivity (Wildman–Crippen MR) is 73.4 cm³/mol. The van der Waals surface area contributed by atoms with Crippen molar-refractivity contribution >= 4 is 21.7 Å². The van der Waals surface area contributed by atoms with Gasteiger partial charge < -0.3 is 10.0 Å². The molecule has 1 fully saturated rings. The highest BCUT2D eigenvalue weighted by Crippen LogP contribution is 2.29. The van der Waals surface area contributed by atoms with E-state index in [1.54, 1.807) is 0 Å². The molecule has 1 aromatic rings. The zero-order chi connectivity index (χ0) is 12.3. The SMILES string of the molecule is Cc1cc(Br)cnc1N(CCO)C1CCCC1. The topological polar surface area (TPSA) is 36.4 Å². The van der Waals surface area contributed by atoms with Crippen LogP contribution in [0.3, 0.4) is 0 Å². The van der Waals surface area contributed by atoms with Crippen LogP contribution in [0.2, 0.25) is 0 Å². The van der Waals surface area contributed by atoms with Crippen LogP contribution in [0.5, 0.6) is 0 Å². The molecule has 3 nitrogen and oxygen atoms in total. The van der Waals surface area contributed by atoms with Gasteiger partial charge in [0.15, 0.2) is 0 Å². The Morgan fingerprint density at radius 3 is 2.76 bits per heavy atom. The van der Waals surface area contributed by atoms with Crippen LogP contribution in [0.15, 0.2) is 16.7 Å². The van der Waals surface area contributed by atoms with Crippen molar-refractivity contribution in [3.05, 3.63) is 22.3 Å². The maximum absolute atomic E-state index is 9.23. The van der Waals surface area contributed by atoms with Crippen LogP contribution in [0.25, 0.3) is 0 Å². The van der Waals surface area contributed by atoms with Crippen LogP contribution in [0, 0.1) is 6.92 Å². The zero-order valence-electron chi connectivity index (χ0n) is 10.2. The van der Waals surface area contributed by atoms with Crippen molar-refractivity contribution in [3.63, 3.8) is 0 Å². The summed E-state index contributed by atoms with van der Waals surface area (Å²) in [7, 11) is 0. The largest absolute Gasteiger partial charge is 0.395 e. The Labute approximate surface area is 111 Å². The van der Waals surface area contributed by atoms with E-state index in [-0.39, 0.29) is 6.61 Å². The van der Waals surface area contributed by atoms with E-state index in [0.717, 1.165) is 10.3 Å². The zero-order valence-corrected chi connectivity index (χ0v) is 11.8. The third-order valence-corrected chi connectivity index (χ3v) is 3.83. The number of hydrogen-bond donors (Lipinski definition) is 1. The van der Waals surface area contributed by atoms with Crippen molar-refractivity contribution in [2.75, 3.05) is 18.1 Å². The number of aliphatic hydroxyl groups is 1. The van der Waals surface area contributed by atoms with Gasteiger partial charge >= 0.3 is 0 Å². The lowest BCUT2D eigenvalue weighted by Crippen LogP contribution is -2.36. The summed E-state index contributed by atoms with van der Waals surface area (Å²) in [4.78, 5) is 6.78. The van der Waals surface area contributed by atoms with E-state index in [2.05, 4.69) is 38.8 Å². The summed E-state index contributed by atoms with van der Waals surface area (Å²) in [6.07, 6.45) is 6.86. The lowest BCUT2D eigenvalue weighted by atomic mass is 10.2. The molecule has 94 valence electrons. The summed E-state index contributed by atoms with van der Waals surface area (Å²) in [5.41, 5.74) is 1.17. The fraction of sp³-hybridized carbons (Fsp3) is 0.615. The quantitative estimate of drug-likeness (QED) is 0.928. The van der Waals surface area contributed by atoms with Crippen molar-refractivity contribution in [1.82, 2.24) is 4.98 Å². The summed E-state index contributed by atoms with van der Waals surface area (Å²) in [6, 6.07) is 2.64. The third-order valence-electron chi connectivity index (χ3n) is 3.40. The predicted octanol–water partition coefficient (Wildman–Crippen LogP) is 2.89. The van der Waals surface area contributed by atoms with Crippen LogP contribution in [0.1, 0.15) is 31.2 Å². The molecule has 1 saturated carbocycles. The molecular weight excluding hydrogens is 280 g/mol. The van der Waals surface area contributed by atoms with Gasteiger partial charge in [-0.15, -0.1) is 0 Å². The normalized spacial score (nSPS) is 16.4. The Kier molecular flexibility index (Phi) is 4.40. The molecule has 1 aromatic heterocycles. The van der Waals surface area contributed by atoms with E-state index in [0.29, 0.717) is 12.6 Å². The van der Waals surface area contributed by atoms with Gasteiger partial charge in [-0.3, -0.25) is 0 Å². The van der Waals surface area contributed by atoms with E-state index >= 15 is 0 Å². The Bertz CT molecular complexity index is 378. The highest BCUT2D eigenvalue weighted by Gasteiger charge is 2.24. The minimum Gasteiger partial charge on any atom is -0.395 e. The Hall–Kier alpha value is -0.610. The second-order valence-electron chi connectivity index (χ2n) is 4.65. The first-order valence-corrected chi connectivity index (χ1v) is 7.01. The lowest BCUT2D eigenvalue weighted by molar-refractivity contribution is 0.296. The summed E-state index contributed by atoms with van der Waals surface area (Å²) >= 11 is 3.44. The second kappa shape index (κ2) is 5.83. The van der Waals surface area contributed by atoms with Gasteiger partial charge in [0.2, 0.25) is 0 Å². The number of pyridine rings is 1. The van der Waals surface area contributed by atoms with Gasteiger partial charge in [-0.2, -0.15) is 0 Å². The molecule has 0 bridgehead atoms. The number of rotatable bonds is 4. The number of halogens is 1. The number of hydrogen-bond acceptors (Lipinski definition) is 3. The fourth-order valence-corrected chi connectivity index (χ4v) is 3.06. The minimum absolute atomic E-state index is 0.188. The molecule has 0 aromatic carbocycles. The maximum atomic E-state index is 9.23. The molecule has 0 spiro atoms. The molecule has 0 atom stereocenters. The third kappa shape index (κ3) is 2.99. The van der Waals surface area contributed by atoms with Crippen molar-refractivity contribution in [1.29, 1.82) is 0 Å². The average Bonchev–Trinajstić information content (AvgIpc) is 2.80. The standard InChI is InChI=1S/C13H19BrN2O/c1-10-8-11(14)9-15-13(10)16(6-7-17)12-4-2-3-5-12/h8-9,12,17H,2-7H2,1H3. The number of nitrogens with zero attached hydrogens (tertiary/aromatic N) is 2. The summed E-state index contributed by atoms with van der Waals surface area (Å²) in [5, 5.41) is 9.23. The molecule has 1 aliphatic carbocycles. The van der Waals surface area contributed by atoms with E-state index < -0.39 is 0 Å². The molecule has 4 heteroatoms. The van der Waals surface area contributed by atoms with E-state index in [9.17, 15) is 5.11 Å². The summed E-state index contributed by atoms with van der Waals surface area (Å²) < 4.78 is 1.01. The summed E-state index contributed by atoms with van der Waals surface area (Å²) in [6.45, 7) is 2.94. The molecular formula is C13H19BrN2O. The monoisotopic (exact) mass is 298 g/mol. The van der Waals surface area contributed by atoms with Crippen molar-refractivity contribution in [2.45, 2.75) is 38.6 Å². The van der Waals surface area contributed by atoms with Gasteiger partial charge in [-0.1, -0.05) is 12.8 Å². The van der Waals surface area contributed by atoms with Crippen molar-refractivity contribution in [3.8, 4) is 0 Å². The molecule has 0 aliphatic heterocycles. The smallest absolute Gasteiger partial charge is 0.131 e. The molecule has 1 aliphatic rings. The number of anilines is 1. The Balaban J connectivity index is 2.24. The lowest BCUT2D eigenvalue weighted by Gasteiger charge is -2.30. The second-order valence-corrected chi connectivity index (χ2v) is 5.56. The van der Waals surface area contributed by atoms with E-state index in [1.807, 2.05) is 6.20 Å². The maximum Gasteiger partial charge on any atom is 0.131 e. The van der Waals surface area contributed by atoms with Crippen LogP contribution < -0.4 is 4.90 Å². The van der Waals surface area contributed by atoms with Gasteiger partial charge in [0.25, 0.3) is 0 Å². The fourth-order valence-electron chi connectivity index (χ4n) is 2.62. The van der Waals surface area contributed by atoms with Crippen LogP contribution in [-0.4, -0.2) is 29.3 Å². The van der Waals surface area contributed by atoms with Crippen LogP contribution >= 0.6 is 15.9 Å². The van der Waals surface area contributed by atoms with Gasteiger partial charge in [0.05, 0.1) is 6.61 Å². The molecule has 1 N–H and O–H groups in total. The molecule has 0 unspecified atom stereocenters. The molecule has 0 saturated heterocycles. The Morgan fingerprint density at radius 2 is 2.18 bits per heavy atom. The van der Waals surface area contributed by atoms with E-state index in [1.165, 1.54) is 31.2 Å². The number of aliphatic hydroxyl groups excluding tert-OH is 1. The molecule has 0 radical (unpaired) electrons. The van der Waals surface area contributed by atoms with E-state index in [4.69, 9.17) is 0 Å². The highest BCUT2D eigenvalue weighted by molar-refractivity contribution is 9.10. The Morgan fingerprint density at radius 1 is 1.47 bits per heavy atom. The van der Waals surface area contributed by atoms with Crippen molar-refractivity contribution in [2.24, 2.45) is 0 Å². The minimum atomic E-state index is 0.188.